The average molecular weight is 449 g/mol. The van der Waals surface area contributed by atoms with Crippen molar-refractivity contribution in [1.82, 2.24) is 14.9 Å². The number of benzene rings is 2. The molecule has 1 atom stereocenters. The number of amides is 1. The van der Waals surface area contributed by atoms with Crippen LogP contribution < -0.4 is 10.1 Å². The third kappa shape index (κ3) is 4.90. The summed E-state index contributed by atoms with van der Waals surface area (Å²) >= 11 is 9.56. The second kappa shape index (κ2) is 8.59. The van der Waals surface area contributed by atoms with Gasteiger partial charge >= 0.3 is 0 Å². The molecule has 1 N–H and O–H groups in total. The molecule has 3 rings (SSSR count). The minimum atomic E-state index is -0.209. The maximum Gasteiger partial charge on any atom is 0.258 e. The van der Waals surface area contributed by atoms with Crippen LogP contribution in [-0.4, -0.2) is 22.1 Å². The first kappa shape index (κ1) is 19.5. The fraction of sp³-hybridized carbons (Fsp3) is 0.200. The highest BCUT2D eigenvalue weighted by Gasteiger charge is 2.13. The summed E-state index contributed by atoms with van der Waals surface area (Å²) in [5.74, 6) is 0.312. The molecular formula is C20H19BrClN3O2. The molecule has 0 radical (unpaired) electrons. The van der Waals surface area contributed by atoms with Gasteiger partial charge in [-0.15, -0.1) is 0 Å². The van der Waals surface area contributed by atoms with Crippen molar-refractivity contribution < 1.29 is 9.53 Å². The lowest BCUT2D eigenvalue weighted by molar-refractivity contribution is -0.123. The summed E-state index contributed by atoms with van der Waals surface area (Å²) in [6.07, 6.45) is 5.36. The van der Waals surface area contributed by atoms with E-state index in [4.69, 9.17) is 16.3 Å². The van der Waals surface area contributed by atoms with Crippen molar-refractivity contribution in [1.29, 1.82) is 0 Å². The molecule has 27 heavy (non-hydrogen) atoms. The Morgan fingerprint density at radius 3 is 2.70 bits per heavy atom. The number of aromatic nitrogens is 2. The Morgan fingerprint density at radius 1 is 1.33 bits per heavy atom. The molecule has 0 unspecified atom stereocenters. The van der Waals surface area contributed by atoms with Crippen molar-refractivity contribution in [2.75, 3.05) is 6.61 Å². The molecule has 5 nitrogen and oxygen atoms in total. The van der Waals surface area contributed by atoms with Crippen molar-refractivity contribution in [3.63, 3.8) is 0 Å². The van der Waals surface area contributed by atoms with Gasteiger partial charge in [0.25, 0.3) is 5.91 Å². The van der Waals surface area contributed by atoms with Gasteiger partial charge in [-0.25, -0.2) is 4.98 Å². The zero-order valence-electron chi connectivity index (χ0n) is 14.9. The monoisotopic (exact) mass is 447 g/mol. The first-order valence-corrected chi connectivity index (χ1v) is 9.57. The third-order valence-electron chi connectivity index (χ3n) is 4.11. The third-order valence-corrected chi connectivity index (χ3v) is 4.85. The van der Waals surface area contributed by atoms with Gasteiger partial charge in [-0.1, -0.05) is 39.7 Å². The molecule has 1 amide bonds. The summed E-state index contributed by atoms with van der Waals surface area (Å²) in [5.41, 5.74) is 2.88. The van der Waals surface area contributed by atoms with Crippen molar-refractivity contribution in [3.05, 3.63) is 75.7 Å². The van der Waals surface area contributed by atoms with E-state index in [0.717, 1.165) is 21.3 Å². The second-order valence-electron chi connectivity index (χ2n) is 6.17. The number of carbonyl (C=O) groups excluding carboxylic acids is 1. The zero-order valence-corrected chi connectivity index (χ0v) is 17.3. The van der Waals surface area contributed by atoms with Crippen LogP contribution in [0, 0.1) is 6.92 Å². The van der Waals surface area contributed by atoms with Gasteiger partial charge < -0.3 is 14.6 Å². The molecule has 0 aliphatic rings. The topological polar surface area (TPSA) is 56.1 Å². The highest BCUT2D eigenvalue weighted by Crippen LogP contribution is 2.31. The van der Waals surface area contributed by atoms with Crippen molar-refractivity contribution in [2.24, 2.45) is 0 Å². The quantitative estimate of drug-likeness (QED) is 0.586. The Hall–Kier alpha value is -2.31. The number of nitrogens with zero attached hydrogens (tertiary/aromatic N) is 2. The van der Waals surface area contributed by atoms with E-state index in [9.17, 15) is 4.79 Å². The lowest BCUT2D eigenvalue weighted by atomic mass is 10.1. The molecule has 1 aromatic heterocycles. The van der Waals surface area contributed by atoms with E-state index in [1.165, 1.54) is 0 Å². The number of hydrogen-bond acceptors (Lipinski definition) is 3. The SMILES string of the molecule is Cc1cc(Br)cc(Cl)c1OCC(=O)N[C@@H](C)c1ccc(-n2ccnc2)cc1. The number of ether oxygens (including phenoxy) is 1. The lowest BCUT2D eigenvalue weighted by Crippen LogP contribution is -2.31. The number of nitrogens with one attached hydrogen (secondary N) is 1. The van der Waals surface area contributed by atoms with Gasteiger partial charge in [-0.05, 0) is 49.2 Å². The number of rotatable bonds is 6. The largest absolute Gasteiger partial charge is 0.482 e. The average Bonchev–Trinajstić information content (AvgIpc) is 3.15. The Balaban J connectivity index is 1.58. The van der Waals surface area contributed by atoms with Gasteiger partial charge in [0.1, 0.15) is 5.75 Å². The molecule has 140 valence electrons. The van der Waals surface area contributed by atoms with E-state index in [0.29, 0.717) is 10.8 Å². The first-order valence-electron chi connectivity index (χ1n) is 8.40. The van der Waals surface area contributed by atoms with E-state index >= 15 is 0 Å². The molecule has 7 heteroatoms. The van der Waals surface area contributed by atoms with Crippen LogP contribution >= 0.6 is 27.5 Å². The van der Waals surface area contributed by atoms with Crippen LogP contribution in [0.4, 0.5) is 0 Å². The van der Waals surface area contributed by atoms with Gasteiger partial charge in [0.2, 0.25) is 0 Å². The fourth-order valence-corrected chi connectivity index (χ4v) is 3.75. The molecule has 1 heterocycles. The lowest BCUT2D eigenvalue weighted by Gasteiger charge is -2.16. The predicted molar refractivity (Wildman–Crippen MR) is 110 cm³/mol. The maximum absolute atomic E-state index is 12.2. The fourth-order valence-electron chi connectivity index (χ4n) is 2.72. The molecule has 0 fully saturated rings. The van der Waals surface area contributed by atoms with Crippen LogP contribution in [0.3, 0.4) is 0 Å². The molecule has 0 saturated carbocycles. The minimum absolute atomic E-state index is 0.0976. The zero-order chi connectivity index (χ0) is 19.4. The van der Waals surface area contributed by atoms with E-state index in [1.807, 2.05) is 54.9 Å². The summed E-state index contributed by atoms with van der Waals surface area (Å²) in [7, 11) is 0. The number of aryl methyl sites for hydroxylation is 1. The molecule has 0 saturated heterocycles. The van der Waals surface area contributed by atoms with Gasteiger partial charge in [0.05, 0.1) is 17.4 Å². The van der Waals surface area contributed by atoms with Crippen LogP contribution in [0.25, 0.3) is 5.69 Å². The molecule has 0 bridgehead atoms. The summed E-state index contributed by atoms with van der Waals surface area (Å²) in [6, 6.07) is 11.4. The summed E-state index contributed by atoms with van der Waals surface area (Å²) in [6.45, 7) is 3.72. The summed E-state index contributed by atoms with van der Waals surface area (Å²) in [4.78, 5) is 16.3. The standard InChI is InChI=1S/C20H19BrClN3O2/c1-13-9-16(21)10-18(22)20(13)27-11-19(26)24-14(2)15-3-5-17(6-4-15)25-8-7-23-12-25/h3-10,12,14H,11H2,1-2H3,(H,24,26)/t14-/m0/s1. The van der Waals surface area contributed by atoms with E-state index in [-0.39, 0.29) is 18.6 Å². The molecular weight excluding hydrogens is 430 g/mol. The van der Waals surface area contributed by atoms with E-state index in [2.05, 4.69) is 26.2 Å². The van der Waals surface area contributed by atoms with Crippen LogP contribution in [0.15, 0.2) is 59.6 Å². The van der Waals surface area contributed by atoms with Gasteiger partial charge in [0, 0.05) is 22.6 Å². The number of hydrogen-bond donors (Lipinski definition) is 1. The van der Waals surface area contributed by atoms with E-state index < -0.39 is 0 Å². The van der Waals surface area contributed by atoms with Crippen LogP contribution in [0.2, 0.25) is 5.02 Å². The van der Waals surface area contributed by atoms with Crippen LogP contribution in [-0.2, 0) is 4.79 Å². The smallest absolute Gasteiger partial charge is 0.258 e. The van der Waals surface area contributed by atoms with Crippen LogP contribution in [0.1, 0.15) is 24.1 Å². The normalized spacial score (nSPS) is 11.9. The molecule has 0 aliphatic carbocycles. The highest BCUT2D eigenvalue weighted by molar-refractivity contribution is 9.10. The molecule has 3 aromatic rings. The molecule has 0 spiro atoms. The van der Waals surface area contributed by atoms with Crippen molar-refractivity contribution >= 4 is 33.4 Å². The molecule has 2 aromatic carbocycles. The second-order valence-corrected chi connectivity index (χ2v) is 7.50. The molecule has 0 aliphatic heterocycles. The Labute approximate surface area is 171 Å². The van der Waals surface area contributed by atoms with Gasteiger partial charge in [-0.3, -0.25) is 4.79 Å². The Bertz CT molecular complexity index is 904. The van der Waals surface area contributed by atoms with Gasteiger partial charge in [0.15, 0.2) is 6.61 Å². The highest BCUT2D eigenvalue weighted by atomic mass is 79.9. The summed E-state index contributed by atoms with van der Waals surface area (Å²) < 4.78 is 8.41. The number of carbonyl (C=O) groups is 1. The number of imidazole rings is 1. The summed E-state index contributed by atoms with van der Waals surface area (Å²) in [5, 5.41) is 3.41. The first-order chi connectivity index (χ1) is 12.9. The van der Waals surface area contributed by atoms with Crippen molar-refractivity contribution in [2.45, 2.75) is 19.9 Å². The van der Waals surface area contributed by atoms with E-state index in [1.54, 1.807) is 18.6 Å². The van der Waals surface area contributed by atoms with Crippen molar-refractivity contribution in [3.8, 4) is 11.4 Å². The Kier molecular flexibility index (Phi) is 6.19. The Morgan fingerprint density at radius 2 is 2.07 bits per heavy atom. The van der Waals surface area contributed by atoms with Crippen LogP contribution in [0.5, 0.6) is 5.75 Å². The number of halogens is 2. The minimum Gasteiger partial charge on any atom is -0.482 e. The maximum atomic E-state index is 12.2. The predicted octanol–water partition coefficient (Wildman–Crippen LogP) is 4.85. The van der Waals surface area contributed by atoms with Gasteiger partial charge in [-0.2, -0.15) is 0 Å².